The Hall–Kier alpha value is -0.770. The van der Waals surface area contributed by atoms with Crippen LogP contribution in [0.3, 0.4) is 0 Å². The minimum Gasteiger partial charge on any atom is -0.450 e. The fourth-order valence-electron chi connectivity index (χ4n) is 0.700. The number of alkyl carbamates (subject to hydrolysis) is 1. The van der Waals surface area contributed by atoms with Crippen molar-refractivity contribution in [2.75, 3.05) is 20.2 Å². The van der Waals surface area contributed by atoms with Crippen LogP contribution in [0.4, 0.5) is 4.79 Å². The molecule has 0 heterocycles. The van der Waals surface area contributed by atoms with Crippen LogP contribution in [-0.2, 0) is 4.74 Å². The number of nitrogens with one attached hydrogen (secondary N) is 2. The normalized spacial score (nSPS) is 10.0. The van der Waals surface area contributed by atoms with Gasteiger partial charge in [-0.3, -0.25) is 0 Å². The molecule has 0 bridgehead atoms. The van der Waals surface area contributed by atoms with Crippen molar-refractivity contribution < 1.29 is 9.53 Å². The molecule has 0 atom stereocenters. The van der Waals surface area contributed by atoms with E-state index in [-0.39, 0.29) is 6.09 Å². The van der Waals surface area contributed by atoms with Crippen LogP contribution in [0.1, 0.15) is 20.3 Å². The Morgan fingerprint density at radius 3 is 2.67 bits per heavy atom. The van der Waals surface area contributed by atoms with Gasteiger partial charge in [0.15, 0.2) is 0 Å². The van der Waals surface area contributed by atoms with E-state index in [1.807, 2.05) is 0 Å². The third-order valence-corrected chi connectivity index (χ3v) is 1.31. The van der Waals surface area contributed by atoms with E-state index in [1.165, 1.54) is 0 Å². The molecule has 4 nitrogen and oxygen atoms in total. The Kier molecular flexibility index (Phi) is 6.47. The predicted octanol–water partition coefficient (Wildman–Crippen LogP) is 0.730. The lowest BCUT2D eigenvalue weighted by atomic mass is 10.3. The molecule has 0 fully saturated rings. The van der Waals surface area contributed by atoms with Gasteiger partial charge in [0, 0.05) is 13.1 Å². The monoisotopic (exact) mass is 174 g/mol. The molecule has 0 aliphatic heterocycles. The van der Waals surface area contributed by atoms with Gasteiger partial charge in [0.2, 0.25) is 0 Å². The van der Waals surface area contributed by atoms with Gasteiger partial charge < -0.3 is 15.4 Å². The van der Waals surface area contributed by atoms with Gasteiger partial charge in [0.25, 0.3) is 0 Å². The van der Waals surface area contributed by atoms with Crippen molar-refractivity contribution in [2.45, 2.75) is 26.3 Å². The molecule has 1 amide bonds. The summed E-state index contributed by atoms with van der Waals surface area (Å²) in [5.74, 6) is 0. The summed E-state index contributed by atoms with van der Waals surface area (Å²) >= 11 is 0. The van der Waals surface area contributed by atoms with E-state index in [1.54, 1.807) is 7.05 Å². The first-order chi connectivity index (χ1) is 5.66. The number of hydrogen-bond acceptors (Lipinski definition) is 3. The summed E-state index contributed by atoms with van der Waals surface area (Å²) in [6.07, 6.45) is 0.491. The van der Waals surface area contributed by atoms with Gasteiger partial charge in [-0.05, 0) is 13.0 Å². The summed E-state index contributed by atoms with van der Waals surface area (Å²) in [7, 11) is 1.55. The Bertz CT molecular complexity index is 126. The zero-order valence-electron chi connectivity index (χ0n) is 8.02. The molecule has 2 N–H and O–H groups in total. The number of hydrogen-bond donors (Lipinski definition) is 2. The Balaban J connectivity index is 3.05. The molecule has 0 rings (SSSR count). The zero-order valence-corrected chi connectivity index (χ0v) is 8.02. The Morgan fingerprint density at radius 1 is 1.50 bits per heavy atom. The standard InChI is InChI=1S/C8H18N2O2/c1-7(2)10-5-4-6-12-8(11)9-3/h7,10H,4-6H2,1-3H3,(H,9,11). The Morgan fingerprint density at radius 2 is 2.17 bits per heavy atom. The van der Waals surface area contributed by atoms with E-state index in [0.29, 0.717) is 12.6 Å². The highest BCUT2D eigenvalue weighted by Gasteiger charge is 1.96. The highest BCUT2D eigenvalue weighted by Crippen LogP contribution is 1.83. The molecule has 72 valence electrons. The third-order valence-electron chi connectivity index (χ3n) is 1.31. The topological polar surface area (TPSA) is 50.4 Å². The second kappa shape index (κ2) is 6.91. The maximum Gasteiger partial charge on any atom is 0.406 e. The summed E-state index contributed by atoms with van der Waals surface area (Å²) in [5, 5.41) is 5.61. The number of carbonyl (C=O) groups excluding carboxylic acids is 1. The van der Waals surface area contributed by atoms with Gasteiger partial charge >= 0.3 is 6.09 Å². The summed E-state index contributed by atoms with van der Waals surface area (Å²) in [6, 6.07) is 0.491. The molecule has 0 aliphatic carbocycles. The molecule has 0 saturated heterocycles. The summed E-state index contributed by atoms with van der Waals surface area (Å²) in [4.78, 5) is 10.6. The van der Waals surface area contributed by atoms with E-state index < -0.39 is 0 Å². The van der Waals surface area contributed by atoms with Crippen molar-refractivity contribution in [3.63, 3.8) is 0 Å². The van der Waals surface area contributed by atoms with Crippen LogP contribution < -0.4 is 10.6 Å². The van der Waals surface area contributed by atoms with Crippen LogP contribution in [0.15, 0.2) is 0 Å². The summed E-state index contributed by atoms with van der Waals surface area (Å²) in [5.41, 5.74) is 0. The van der Waals surface area contributed by atoms with E-state index >= 15 is 0 Å². The van der Waals surface area contributed by atoms with Crippen LogP contribution in [0.5, 0.6) is 0 Å². The third kappa shape index (κ3) is 7.34. The molecule has 0 aliphatic rings. The maximum atomic E-state index is 10.6. The lowest BCUT2D eigenvalue weighted by Crippen LogP contribution is -2.26. The SMILES string of the molecule is CNC(=O)OCCCNC(C)C. The Labute approximate surface area is 73.7 Å². The lowest BCUT2D eigenvalue weighted by molar-refractivity contribution is 0.147. The number of amides is 1. The molecular formula is C8H18N2O2. The first kappa shape index (κ1) is 11.2. The van der Waals surface area contributed by atoms with Crippen LogP contribution in [-0.4, -0.2) is 32.3 Å². The number of ether oxygens (including phenoxy) is 1. The molecule has 0 spiro atoms. The maximum absolute atomic E-state index is 10.6. The second-order valence-corrected chi connectivity index (χ2v) is 2.85. The predicted molar refractivity (Wildman–Crippen MR) is 48.2 cm³/mol. The van der Waals surface area contributed by atoms with Crippen molar-refractivity contribution in [3.05, 3.63) is 0 Å². The summed E-state index contributed by atoms with van der Waals surface area (Å²) < 4.78 is 4.78. The van der Waals surface area contributed by atoms with E-state index in [0.717, 1.165) is 13.0 Å². The second-order valence-electron chi connectivity index (χ2n) is 2.85. The van der Waals surface area contributed by atoms with Crippen LogP contribution in [0, 0.1) is 0 Å². The lowest BCUT2D eigenvalue weighted by Gasteiger charge is -2.07. The average molecular weight is 174 g/mol. The van der Waals surface area contributed by atoms with E-state index in [9.17, 15) is 4.79 Å². The van der Waals surface area contributed by atoms with Gasteiger partial charge in [0.05, 0.1) is 6.61 Å². The van der Waals surface area contributed by atoms with Gasteiger partial charge in [0.1, 0.15) is 0 Å². The minimum absolute atomic E-state index is 0.362. The molecular weight excluding hydrogens is 156 g/mol. The number of carbonyl (C=O) groups is 1. The highest BCUT2D eigenvalue weighted by molar-refractivity contribution is 5.66. The molecule has 0 aromatic rings. The zero-order chi connectivity index (χ0) is 9.40. The van der Waals surface area contributed by atoms with Gasteiger partial charge in [-0.15, -0.1) is 0 Å². The molecule has 0 radical (unpaired) electrons. The molecule has 12 heavy (non-hydrogen) atoms. The molecule has 0 unspecified atom stereocenters. The summed E-state index contributed by atoms with van der Waals surface area (Å²) in [6.45, 7) is 5.52. The molecule has 0 aromatic heterocycles. The minimum atomic E-state index is -0.362. The van der Waals surface area contributed by atoms with Crippen LogP contribution in [0.2, 0.25) is 0 Å². The van der Waals surface area contributed by atoms with Crippen LogP contribution >= 0.6 is 0 Å². The van der Waals surface area contributed by atoms with Gasteiger partial charge in [-0.25, -0.2) is 4.79 Å². The van der Waals surface area contributed by atoms with Gasteiger partial charge in [-0.1, -0.05) is 13.8 Å². The fraction of sp³-hybridized carbons (Fsp3) is 0.875. The van der Waals surface area contributed by atoms with Crippen LogP contribution in [0.25, 0.3) is 0 Å². The first-order valence-electron chi connectivity index (χ1n) is 4.24. The molecule has 0 saturated carbocycles. The van der Waals surface area contributed by atoms with E-state index in [2.05, 4.69) is 24.5 Å². The fourth-order valence-corrected chi connectivity index (χ4v) is 0.700. The number of rotatable bonds is 5. The average Bonchev–Trinajstić information content (AvgIpc) is 2.03. The first-order valence-corrected chi connectivity index (χ1v) is 4.24. The highest BCUT2D eigenvalue weighted by atomic mass is 16.5. The van der Waals surface area contributed by atoms with Crippen molar-refractivity contribution in [1.82, 2.24) is 10.6 Å². The van der Waals surface area contributed by atoms with Crippen molar-refractivity contribution in [1.29, 1.82) is 0 Å². The smallest absolute Gasteiger partial charge is 0.406 e. The van der Waals surface area contributed by atoms with Crippen molar-refractivity contribution in [2.24, 2.45) is 0 Å². The quantitative estimate of drug-likeness (QED) is 0.604. The molecule has 4 heteroatoms. The molecule has 0 aromatic carbocycles. The van der Waals surface area contributed by atoms with Crippen molar-refractivity contribution >= 4 is 6.09 Å². The largest absolute Gasteiger partial charge is 0.450 e. The van der Waals surface area contributed by atoms with Crippen molar-refractivity contribution in [3.8, 4) is 0 Å². The van der Waals surface area contributed by atoms with Gasteiger partial charge in [-0.2, -0.15) is 0 Å². The van der Waals surface area contributed by atoms with E-state index in [4.69, 9.17) is 4.74 Å².